The van der Waals surface area contributed by atoms with Gasteiger partial charge in [0.15, 0.2) is 0 Å². The van der Waals surface area contributed by atoms with Gasteiger partial charge in [-0.1, -0.05) is 103 Å². The molecular weight excluding hydrogens is 606 g/mol. The van der Waals surface area contributed by atoms with Gasteiger partial charge in [0, 0.05) is 24.5 Å². The highest BCUT2D eigenvalue weighted by atomic mass is 35.5. The van der Waals surface area contributed by atoms with Gasteiger partial charge < -0.3 is 10.2 Å². The maximum absolute atomic E-state index is 14.6. The molecule has 4 rings (SSSR count). The number of amides is 2. The monoisotopic (exact) mass is 645 g/mol. The quantitative estimate of drug-likeness (QED) is 0.155. The van der Waals surface area contributed by atoms with Crippen molar-refractivity contribution in [3.63, 3.8) is 0 Å². The Morgan fingerprint density at radius 2 is 1.51 bits per heavy atom. The maximum atomic E-state index is 14.6. The molecule has 4 aromatic carbocycles. The lowest BCUT2D eigenvalue weighted by atomic mass is 10.0. The Hall–Kier alpha value is -4.14. The summed E-state index contributed by atoms with van der Waals surface area (Å²) in [7, 11) is -4.18. The molecule has 7 nitrogen and oxygen atoms in total. The molecule has 9 heteroatoms. The standard InChI is InChI=1S/C36H40ClN3O4S/c1-4-5-21-38-36(42)34(24-29-14-8-6-9-15-29)39(25-30-16-12-13-27(2)22-30)35(41)26-40(33-20-19-31(37)23-28(33)3)45(43,44)32-17-10-7-11-18-32/h6-20,22-23,34H,4-5,21,24-26H2,1-3H3,(H,38,42)/t34-/m1/s1. The van der Waals surface area contributed by atoms with Gasteiger partial charge in [-0.3, -0.25) is 13.9 Å². The predicted octanol–water partition coefficient (Wildman–Crippen LogP) is 6.71. The van der Waals surface area contributed by atoms with E-state index in [1.165, 1.54) is 17.0 Å². The molecular formula is C36H40ClN3O4S. The minimum absolute atomic E-state index is 0.0514. The van der Waals surface area contributed by atoms with Gasteiger partial charge in [-0.05, 0) is 67.3 Å². The number of hydrogen-bond donors (Lipinski definition) is 1. The summed E-state index contributed by atoms with van der Waals surface area (Å²) in [4.78, 5) is 30.0. The second-order valence-corrected chi connectivity index (χ2v) is 13.4. The molecule has 0 fully saturated rings. The highest BCUT2D eigenvalue weighted by Crippen LogP contribution is 2.29. The lowest BCUT2D eigenvalue weighted by Gasteiger charge is -2.34. The van der Waals surface area contributed by atoms with E-state index in [1.807, 2.05) is 68.4 Å². The molecule has 0 saturated heterocycles. The van der Waals surface area contributed by atoms with E-state index in [1.54, 1.807) is 43.3 Å². The van der Waals surface area contributed by atoms with Crippen LogP contribution < -0.4 is 9.62 Å². The van der Waals surface area contributed by atoms with Crippen molar-refractivity contribution in [2.75, 3.05) is 17.4 Å². The number of aryl methyl sites for hydroxylation is 2. The van der Waals surface area contributed by atoms with E-state index in [4.69, 9.17) is 11.6 Å². The van der Waals surface area contributed by atoms with E-state index < -0.39 is 28.5 Å². The zero-order valence-corrected chi connectivity index (χ0v) is 27.5. The van der Waals surface area contributed by atoms with Crippen LogP contribution in [0.1, 0.15) is 42.0 Å². The van der Waals surface area contributed by atoms with Crippen LogP contribution >= 0.6 is 11.6 Å². The molecule has 0 aromatic heterocycles. The normalized spacial score (nSPS) is 11.9. The van der Waals surface area contributed by atoms with Gasteiger partial charge in [0.2, 0.25) is 11.8 Å². The van der Waals surface area contributed by atoms with Crippen LogP contribution in [-0.4, -0.2) is 44.3 Å². The van der Waals surface area contributed by atoms with Gasteiger partial charge >= 0.3 is 0 Å². The van der Waals surface area contributed by atoms with E-state index in [0.29, 0.717) is 22.8 Å². The Morgan fingerprint density at radius 1 is 0.844 bits per heavy atom. The number of anilines is 1. The summed E-state index contributed by atoms with van der Waals surface area (Å²) in [5.41, 5.74) is 3.66. The van der Waals surface area contributed by atoms with Crippen LogP contribution in [0.2, 0.25) is 5.02 Å². The Balaban J connectivity index is 1.81. The van der Waals surface area contributed by atoms with Crippen LogP contribution in [0.15, 0.2) is 108 Å². The van der Waals surface area contributed by atoms with Crippen LogP contribution in [0.5, 0.6) is 0 Å². The highest BCUT2D eigenvalue weighted by Gasteiger charge is 2.35. The summed E-state index contributed by atoms with van der Waals surface area (Å²) < 4.78 is 29.4. The van der Waals surface area contributed by atoms with Crippen molar-refractivity contribution in [2.45, 2.75) is 57.5 Å². The number of benzene rings is 4. The fourth-order valence-electron chi connectivity index (χ4n) is 5.20. The number of hydrogen-bond acceptors (Lipinski definition) is 4. The first-order valence-corrected chi connectivity index (χ1v) is 16.9. The molecule has 0 heterocycles. The SMILES string of the molecule is CCCCNC(=O)[C@@H](Cc1ccccc1)N(Cc1cccc(C)c1)C(=O)CN(c1ccc(Cl)cc1C)S(=O)(=O)c1ccccc1. The van der Waals surface area contributed by atoms with Gasteiger partial charge in [0.05, 0.1) is 10.6 Å². The third-order valence-electron chi connectivity index (χ3n) is 7.57. The first-order chi connectivity index (χ1) is 21.6. The summed E-state index contributed by atoms with van der Waals surface area (Å²) in [6, 6.07) is 29.3. The van der Waals surface area contributed by atoms with Crippen molar-refractivity contribution in [1.29, 1.82) is 0 Å². The summed E-state index contributed by atoms with van der Waals surface area (Å²) in [6.07, 6.45) is 1.97. The predicted molar refractivity (Wildman–Crippen MR) is 181 cm³/mol. The molecule has 0 aliphatic heterocycles. The summed E-state index contributed by atoms with van der Waals surface area (Å²) in [5, 5.41) is 3.46. The second-order valence-electron chi connectivity index (χ2n) is 11.1. The van der Waals surface area contributed by atoms with Crippen LogP contribution in [0.3, 0.4) is 0 Å². The Bertz CT molecular complexity index is 1700. The fourth-order valence-corrected chi connectivity index (χ4v) is 6.93. The molecule has 236 valence electrons. The largest absolute Gasteiger partial charge is 0.354 e. The smallest absolute Gasteiger partial charge is 0.264 e. The molecule has 1 atom stereocenters. The van der Waals surface area contributed by atoms with Gasteiger partial charge in [0.25, 0.3) is 10.0 Å². The van der Waals surface area contributed by atoms with E-state index in [0.717, 1.165) is 33.8 Å². The van der Waals surface area contributed by atoms with Crippen molar-refractivity contribution < 1.29 is 18.0 Å². The topological polar surface area (TPSA) is 86.8 Å². The van der Waals surface area contributed by atoms with Crippen molar-refractivity contribution in [3.05, 3.63) is 130 Å². The third-order valence-corrected chi connectivity index (χ3v) is 9.58. The van der Waals surface area contributed by atoms with Crippen molar-refractivity contribution in [3.8, 4) is 0 Å². The summed E-state index contributed by atoms with van der Waals surface area (Å²) in [6.45, 7) is 5.85. The van der Waals surface area contributed by atoms with Gasteiger partial charge in [-0.15, -0.1) is 0 Å². The van der Waals surface area contributed by atoms with Crippen LogP contribution in [-0.2, 0) is 32.6 Å². The summed E-state index contributed by atoms with van der Waals surface area (Å²) >= 11 is 6.23. The molecule has 0 aliphatic rings. The van der Waals surface area contributed by atoms with Crippen LogP contribution in [0, 0.1) is 13.8 Å². The van der Waals surface area contributed by atoms with Crippen molar-refractivity contribution in [1.82, 2.24) is 10.2 Å². The molecule has 0 saturated carbocycles. The molecule has 0 aliphatic carbocycles. The van der Waals surface area contributed by atoms with Gasteiger partial charge in [-0.2, -0.15) is 0 Å². The maximum Gasteiger partial charge on any atom is 0.264 e. The highest BCUT2D eigenvalue weighted by molar-refractivity contribution is 7.92. The first-order valence-electron chi connectivity index (χ1n) is 15.1. The number of carbonyl (C=O) groups is 2. The van der Waals surface area contributed by atoms with Gasteiger partial charge in [0.1, 0.15) is 12.6 Å². The minimum Gasteiger partial charge on any atom is -0.354 e. The Morgan fingerprint density at radius 3 is 2.16 bits per heavy atom. The van der Waals surface area contributed by atoms with Crippen LogP contribution in [0.4, 0.5) is 5.69 Å². The number of carbonyl (C=O) groups excluding carboxylic acids is 2. The molecule has 45 heavy (non-hydrogen) atoms. The molecule has 2 amide bonds. The first kappa shape index (κ1) is 33.7. The van der Waals surface area contributed by atoms with E-state index in [2.05, 4.69) is 5.32 Å². The average Bonchev–Trinajstić information content (AvgIpc) is 3.03. The molecule has 0 unspecified atom stereocenters. The number of sulfonamides is 1. The molecule has 0 bridgehead atoms. The second kappa shape index (κ2) is 15.7. The Kier molecular flexibility index (Phi) is 11.8. The van der Waals surface area contributed by atoms with E-state index in [9.17, 15) is 18.0 Å². The number of nitrogens with one attached hydrogen (secondary N) is 1. The van der Waals surface area contributed by atoms with Crippen molar-refractivity contribution >= 4 is 39.1 Å². The van der Waals surface area contributed by atoms with E-state index >= 15 is 0 Å². The number of unbranched alkanes of at least 4 members (excludes halogenated alkanes) is 1. The third kappa shape index (κ3) is 8.96. The van der Waals surface area contributed by atoms with E-state index in [-0.39, 0.29) is 23.8 Å². The molecule has 0 spiro atoms. The lowest BCUT2D eigenvalue weighted by Crippen LogP contribution is -2.53. The number of nitrogens with zero attached hydrogens (tertiary/aromatic N) is 2. The minimum atomic E-state index is -4.18. The zero-order chi connectivity index (χ0) is 32.4. The Labute approximate surface area is 271 Å². The number of halogens is 1. The average molecular weight is 646 g/mol. The summed E-state index contributed by atoms with van der Waals surface area (Å²) in [5.74, 6) is -0.787. The van der Waals surface area contributed by atoms with Gasteiger partial charge in [-0.25, -0.2) is 8.42 Å². The number of rotatable bonds is 14. The van der Waals surface area contributed by atoms with Crippen LogP contribution in [0.25, 0.3) is 0 Å². The molecule has 0 radical (unpaired) electrons. The molecule has 1 N–H and O–H groups in total. The van der Waals surface area contributed by atoms with Crippen molar-refractivity contribution in [2.24, 2.45) is 0 Å². The fraction of sp³-hybridized carbons (Fsp3) is 0.278. The lowest BCUT2D eigenvalue weighted by molar-refractivity contribution is -0.140. The zero-order valence-electron chi connectivity index (χ0n) is 25.9. The molecule has 4 aromatic rings.